The second kappa shape index (κ2) is 10.5. The summed E-state index contributed by atoms with van der Waals surface area (Å²) in [5, 5.41) is 13.0. The van der Waals surface area contributed by atoms with Crippen molar-refractivity contribution in [3.05, 3.63) is 53.1 Å². The number of aromatic nitrogens is 1. The summed E-state index contributed by atoms with van der Waals surface area (Å²) in [6.45, 7) is 8.27. The molecule has 40 heavy (non-hydrogen) atoms. The van der Waals surface area contributed by atoms with Gasteiger partial charge in [-0.25, -0.2) is 9.36 Å². The Balaban J connectivity index is 1.60. The van der Waals surface area contributed by atoms with E-state index in [-0.39, 0.29) is 30.4 Å². The van der Waals surface area contributed by atoms with Gasteiger partial charge in [-0.2, -0.15) is 8.42 Å². The smallest absolute Gasteiger partial charge is 0.419 e. The van der Waals surface area contributed by atoms with Gasteiger partial charge in [0.25, 0.3) is 5.91 Å². The number of aliphatic hydroxyl groups excluding tert-OH is 1. The normalized spacial score (nSPS) is 16.7. The van der Waals surface area contributed by atoms with Crippen LogP contribution < -0.4 is 9.50 Å². The van der Waals surface area contributed by atoms with Crippen molar-refractivity contribution in [2.24, 2.45) is 5.92 Å². The van der Waals surface area contributed by atoms with Gasteiger partial charge in [0, 0.05) is 36.2 Å². The number of hydrogen-bond acceptors (Lipinski definition) is 8. The van der Waals surface area contributed by atoms with Gasteiger partial charge in [0.2, 0.25) is 0 Å². The molecule has 0 aliphatic carbocycles. The first-order valence-electron chi connectivity index (χ1n) is 13.4. The molecular formula is C29H35N3O7S. The van der Waals surface area contributed by atoms with Crippen LogP contribution in [-0.4, -0.2) is 66.5 Å². The molecule has 0 atom stereocenters. The summed E-state index contributed by atoms with van der Waals surface area (Å²) < 4.78 is 36.0. The van der Waals surface area contributed by atoms with Gasteiger partial charge in [0.05, 0.1) is 23.0 Å². The largest absolute Gasteiger partial charge is 0.443 e. The zero-order valence-corrected chi connectivity index (χ0v) is 24.0. The van der Waals surface area contributed by atoms with Gasteiger partial charge in [-0.3, -0.25) is 9.69 Å². The molecule has 2 aromatic carbocycles. The van der Waals surface area contributed by atoms with E-state index < -0.39 is 21.8 Å². The molecule has 1 saturated heterocycles. The molecule has 3 aromatic rings. The van der Waals surface area contributed by atoms with E-state index in [1.807, 2.05) is 24.3 Å². The van der Waals surface area contributed by atoms with Crippen LogP contribution in [0.15, 0.2) is 36.4 Å². The third-order valence-electron chi connectivity index (χ3n) is 7.25. The second-order valence-electron chi connectivity index (χ2n) is 11.6. The zero-order chi connectivity index (χ0) is 28.8. The first kappa shape index (κ1) is 28.1. The average Bonchev–Trinajstić information content (AvgIpc) is 3.44. The molecule has 0 bridgehead atoms. The van der Waals surface area contributed by atoms with Gasteiger partial charge in [-0.05, 0) is 88.5 Å². The van der Waals surface area contributed by atoms with Gasteiger partial charge in [-0.1, -0.05) is 6.07 Å². The van der Waals surface area contributed by atoms with E-state index in [0.717, 1.165) is 49.7 Å². The minimum Gasteiger partial charge on any atom is -0.443 e. The molecule has 0 radical (unpaired) electrons. The Morgan fingerprint density at radius 3 is 2.50 bits per heavy atom. The number of aliphatic hydroxyl groups is 1. The topological polar surface area (TPSA) is 127 Å². The fraction of sp³-hybridized carbons (Fsp3) is 0.448. The van der Waals surface area contributed by atoms with Crippen LogP contribution in [-0.2, 0) is 27.9 Å². The highest BCUT2D eigenvalue weighted by Gasteiger charge is 2.31. The standard InChI is InChI=1S/C29H35N3O7S/c1-29(2,3)38-28(35)32-23-7-5-19(16-31-11-9-18(17-33)10-12-31)13-20(23)14-24(32)21-6-8-25(39-40(4,36)37)22-15-30-27(34)26(21)22/h5-8,13-14,18,33H,9-12,15-17H2,1-4H3,(H,30,34). The lowest BCUT2D eigenvalue weighted by Crippen LogP contribution is -2.34. The number of rotatable bonds is 6. The SMILES string of the molecule is CC(C)(C)OC(=O)n1c(-c2ccc(OS(C)(=O)=O)c3c2C(=O)NC3)cc2cc(CN3CCC(CO)CC3)ccc21. The Morgan fingerprint density at radius 1 is 1.12 bits per heavy atom. The van der Waals surface area contributed by atoms with Crippen molar-refractivity contribution in [3.63, 3.8) is 0 Å². The average molecular weight is 570 g/mol. The van der Waals surface area contributed by atoms with Crippen LogP contribution in [0.5, 0.6) is 5.75 Å². The van der Waals surface area contributed by atoms with Crippen molar-refractivity contribution >= 4 is 33.0 Å². The Morgan fingerprint density at radius 2 is 1.85 bits per heavy atom. The van der Waals surface area contributed by atoms with Crippen molar-refractivity contribution < 1.29 is 32.0 Å². The van der Waals surface area contributed by atoms with Crippen molar-refractivity contribution in [2.45, 2.75) is 52.3 Å². The molecule has 3 heterocycles. The molecule has 0 saturated carbocycles. The molecule has 1 amide bonds. The van der Waals surface area contributed by atoms with Crippen molar-refractivity contribution in [1.82, 2.24) is 14.8 Å². The lowest BCUT2D eigenvalue weighted by molar-refractivity contribution is 0.0546. The molecule has 2 aliphatic rings. The Kier molecular flexibility index (Phi) is 7.41. The summed E-state index contributed by atoms with van der Waals surface area (Å²) in [5.74, 6) is 0.0565. The van der Waals surface area contributed by atoms with Gasteiger partial charge >= 0.3 is 16.2 Å². The number of fused-ring (bicyclic) bond motifs is 2. The number of nitrogens with one attached hydrogen (secondary N) is 1. The van der Waals surface area contributed by atoms with E-state index >= 15 is 0 Å². The number of carbonyl (C=O) groups is 2. The zero-order valence-electron chi connectivity index (χ0n) is 23.2. The van der Waals surface area contributed by atoms with Crippen molar-refractivity contribution in [2.75, 3.05) is 26.0 Å². The van der Waals surface area contributed by atoms with E-state index in [9.17, 15) is 23.1 Å². The van der Waals surface area contributed by atoms with Gasteiger partial charge < -0.3 is 19.3 Å². The second-order valence-corrected chi connectivity index (χ2v) is 13.2. The maximum absolute atomic E-state index is 13.5. The first-order valence-corrected chi connectivity index (χ1v) is 15.2. The summed E-state index contributed by atoms with van der Waals surface area (Å²) in [5.41, 5.74) is 2.59. The molecular weight excluding hydrogens is 534 g/mol. The lowest BCUT2D eigenvalue weighted by atomic mass is 9.97. The minimum atomic E-state index is -3.81. The van der Waals surface area contributed by atoms with Crippen LogP contribution in [0, 0.1) is 5.92 Å². The highest BCUT2D eigenvalue weighted by Crippen LogP contribution is 2.38. The molecule has 1 aromatic heterocycles. The predicted molar refractivity (Wildman–Crippen MR) is 151 cm³/mol. The van der Waals surface area contributed by atoms with E-state index in [2.05, 4.69) is 10.2 Å². The predicted octanol–water partition coefficient (Wildman–Crippen LogP) is 3.88. The van der Waals surface area contributed by atoms with E-state index in [1.165, 1.54) is 10.6 Å². The van der Waals surface area contributed by atoms with Gasteiger partial charge in [-0.15, -0.1) is 0 Å². The summed E-state index contributed by atoms with van der Waals surface area (Å²) >= 11 is 0. The summed E-state index contributed by atoms with van der Waals surface area (Å²) in [4.78, 5) is 28.9. The van der Waals surface area contributed by atoms with Crippen LogP contribution in [0.1, 0.15) is 55.1 Å². The fourth-order valence-electron chi connectivity index (χ4n) is 5.43. The summed E-state index contributed by atoms with van der Waals surface area (Å²) in [6, 6.07) is 10.9. The number of benzene rings is 2. The summed E-state index contributed by atoms with van der Waals surface area (Å²) in [7, 11) is -3.81. The minimum absolute atomic E-state index is 0.0757. The maximum atomic E-state index is 13.5. The number of amides is 1. The third-order valence-corrected chi connectivity index (χ3v) is 7.74. The van der Waals surface area contributed by atoms with Crippen LogP contribution in [0.25, 0.3) is 22.2 Å². The molecule has 11 heteroatoms. The fourth-order valence-corrected chi connectivity index (χ4v) is 5.91. The van der Waals surface area contributed by atoms with Gasteiger partial charge in [0.15, 0.2) is 0 Å². The Hall–Kier alpha value is -3.41. The molecule has 0 spiro atoms. The molecule has 0 unspecified atom stereocenters. The molecule has 1 fully saturated rings. The number of nitrogens with zero attached hydrogens (tertiary/aromatic N) is 2. The van der Waals surface area contributed by atoms with Crippen LogP contribution in [0.4, 0.5) is 4.79 Å². The Labute approximate surface area is 234 Å². The van der Waals surface area contributed by atoms with E-state index in [1.54, 1.807) is 26.8 Å². The molecule has 10 nitrogen and oxygen atoms in total. The highest BCUT2D eigenvalue weighted by atomic mass is 32.2. The molecule has 5 rings (SSSR count). The number of hydrogen-bond donors (Lipinski definition) is 2. The Bertz CT molecular complexity index is 1580. The third kappa shape index (κ3) is 5.86. The first-order chi connectivity index (χ1) is 18.8. The highest BCUT2D eigenvalue weighted by molar-refractivity contribution is 7.86. The van der Waals surface area contributed by atoms with Crippen LogP contribution in [0.2, 0.25) is 0 Å². The summed E-state index contributed by atoms with van der Waals surface area (Å²) in [6.07, 6.45) is 2.29. The van der Waals surface area contributed by atoms with E-state index in [0.29, 0.717) is 28.3 Å². The molecule has 2 N–H and O–H groups in total. The van der Waals surface area contributed by atoms with E-state index in [4.69, 9.17) is 8.92 Å². The number of carbonyl (C=O) groups excluding carboxylic acids is 2. The maximum Gasteiger partial charge on any atom is 0.419 e. The number of ether oxygens (including phenoxy) is 1. The molecule has 2 aliphatic heterocycles. The quantitative estimate of drug-likeness (QED) is 0.429. The lowest BCUT2D eigenvalue weighted by Gasteiger charge is -2.31. The van der Waals surface area contributed by atoms with Crippen LogP contribution in [0.3, 0.4) is 0 Å². The molecule has 214 valence electrons. The van der Waals surface area contributed by atoms with Crippen molar-refractivity contribution in [1.29, 1.82) is 0 Å². The number of piperidine rings is 1. The number of likely N-dealkylation sites (tertiary alicyclic amines) is 1. The monoisotopic (exact) mass is 569 g/mol. The van der Waals surface area contributed by atoms with Gasteiger partial charge in [0.1, 0.15) is 11.4 Å². The van der Waals surface area contributed by atoms with Crippen molar-refractivity contribution in [3.8, 4) is 17.0 Å². The van der Waals surface area contributed by atoms with Crippen LogP contribution >= 0.6 is 0 Å².